The molecule has 3 rings (SSSR count). The molecule has 136 valence electrons. The van der Waals surface area contributed by atoms with Crippen molar-refractivity contribution < 1.29 is 0 Å². The summed E-state index contributed by atoms with van der Waals surface area (Å²) in [5.41, 5.74) is 6.31. The average Bonchev–Trinajstić information content (AvgIpc) is 2.74. The van der Waals surface area contributed by atoms with Crippen LogP contribution in [0.2, 0.25) is 0 Å². The third-order valence-electron chi connectivity index (χ3n) is 4.77. The third kappa shape index (κ3) is 5.06. The fraction of sp³-hybridized carbons (Fsp3) is 0.192. The largest absolute Gasteiger partial charge is 0.118 e. The van der Waals surface area contributed by atoms with Crippen LogP contribution in [-0.2, 0) is 0 Å². The lowest BCUT2D eigenvalue weighted by atomic mass is 9.86. The number of rotatable bonds is 8. The van der Waals surface area contributed by atoms with Gasteiger partial charge in [0.25, 0.3) is 0 Å². The van der Waals surface area contributed by atoms with Gasteiger partial charge in [0.2, 0.25) is 0 Å². The summed E-state index contributed by atoms with van der Waals surface area (Å²) < 4.78 is 0. The Morgan fingerprint density at radius 1 is 0.630 bits per heavy atom. The number of hydrogen-bond acceptors (Lipinski definition) is 0. The van der Waals surface area contributed by atoms with Gasteiger partial charge in [-0.15, -0.1) is 8.86 Å². The van der Waals surface area contributed by atoms with E-state index < -0.39 is 0 Å². The smallest absolute Gasteiger partial charge is 0.00267 e. The second kappa shape index (κ2) is 10.0. The summed E-state index contributed by atoms with van der Waals surface area (Å²) in [5, 5.41) is 1.28. The first-order valence-electron chi connectivity index (χ1n) is 9.79. The molecule has 0 bridgehead atoms. The van der Waals surface area contributed by atoms with Crippen molar-refractivity contribution in [3.8, 4) is 0 Å². The molecule has 0 saturated heterocycles. The quantitative estimate of drug-likeness (QED) is 0.218. The van der Waals surface area contributed by atoms with Crippen molar-refractivity contribution in [2.75, 3.05) is 0 Å². The molecule has 0 spiro atoms. The molecular weight excluding hydrogens is 343 g/mol. The molecule has 0 aromatic heterocycles. The molecule has 1 heteroatoms. The van der Waals surface area contributed by atoms with Crippen LogP contribution in [0.25, 0.3) is 11.1 Å². The Morgan fingerprint density at radius 3 is 1.52 bits per heavy atom. The van der Waals surface area contributed by atoms with Crippen molar-refractivity contribution in [1.29, 1.82) is 0 Å². The third-order valence-corrected chi connectivity index (χ3v) is 5.27. The molecular formula is C26H27P. The van der Waals surface area contributed by atoms with Crippen LogP contribution in [0.15, 0.2) is 91.0 Å². The first-order valence-corrected chi connectivity index (χ1v) is 10.3. The first kappa shape index (κ1) is 19.3. The zero-order valence-electron chi connectivity index (χ0n) is 16.0. The Balaban J connectivity index is 2.21. The van der Waals surface area contributed by atoms with Crippen molar-refractivity contribution in [1.82, 2.24) is 0 Å². The highest BCUT2D eigenvalue weighted by Gasteiger charge is 2.16. The maximum absolute atomic E-state index is 4.03. The van der Waals surface area contributed by atoms with Crippen molar-refractivity contribution >= 4 is 25.3 Å². The molecule has 3 aromatic rings. The molecule has 0 saturated carbocycles. The summed E-state index contributed by atoms with van der Waals surface area (Å²) >= 11 is 0. The van der Waals surface area contributed by atoms with Crippen molar-refractivity contribution in [3.63, 3.8) is 0 Å². The number of unbranched alkanes of at least 4 members (excludes halogenated alkanes) is 2. The zero-order chi connectivity index (χ0) is 18.9. The highest BCUT2D eigenvalue weighted by Crippen LogP contribution is 2.34. The minimum Gasteiger partial charge on any atom is -0.118 e. The molecule has 0 N–H and O–H groups in total. The Morgan fingerprint density at radius 2 is 1.07 bits per heavy atom. The minimum absolute atomic E-state index is 1.05. The van der Waals surface area contributed by atoms with Crippen LogP contribution in [-0.4, -0.2) is 5.29 Å². The van der Waals surface area contributed by atoms with Gasteiger partial charge < -0.3 is 0 Å². The van der Waals surface area contributed by atoms with Gasteiger partial charge in [0, 0.05) is 0 Å². The molecule has 0 amide bonds. The van der Waals surface area contributed by atoms with E-state index in [4.69, 9.17) is 0 Å². The molecule has 0 unspecified atom stereocenters. The Hall–Kier alpha value is -2.43. The SMILES string of the molecule is CCCCCC(=P)C(=C(c1ccccc1)c1ccccc1)c1ccccc1. The summed E-state index contributed by atoms with van der Waals surface area (Å²) in [6.45, 7) is 2.25. The van der Waals surface area contributed by atoms with E-state index in [1.54, 1.807) is 0 Å². The summed E-state index contributed by atoms with van der Waals surface area (Å²) in [6.07, 6.45) is 4.73. The van der Waals surface area contributed by atoms with Gasteiger partial charge in [-0.25, -0.2) is 0 Å². The number of benzene rings is 3. The molecule has 3 aromatic carbocycles. The van der Waals surface area contributed by atoms with Crippen LogP contribution in [0.5, 0.6) is 0 Å². The van der Waals surface area contributed by atoms with E-state index in [1.807, 2.05) is 0 Å². The molecule has 0 aliphatic rings. The van der Waals surface area contributed by atoms with Crippen molar-refractivity contribution in [2.45, 2.75) is 32.6 Å². The van der Waals surface area contributed by atoms with Crippen molar-refractivity contribution in [2.24, 2.45) is 0 Å². The Bertz CT molecular complexity index is 836. The van der Waals surface area contributed by atoms with E-state index in [2.05, 4.69) is 107 Å². The summed E-state index contributed by atoms with van der Waals surface area (Å²) in [7, 11) is 4.03. The van der Waals surface area contributed by atoms with Gasteiger partial charge in [0.15, 0.2) is 0 Å². The van der Waals surface area contributed by atoms with E-state index in [9.17, 15) is 0 Å². The van der Waals surface area contributed by atoms with Gasteiger partial charge in [-0.05, 0) is 46.0 Å². The van der Waals surface area contributed by atoms with Crippen LogP contribution in [0.4, 0.5) is 0 Å². The number of allylic oxidation sites excluding steroid dienone is 1. The lowest BCUT2D eigenvalue weighted by molar-refractivity contribution is 0.746. The number of hydrogen-bond donors (Lipinski definition) is 0. The van der Waals surface area contributed by atoms with Gasteiger partial charge in [-0.3, -0.25) is 0 Å². The normalized spacial score (nSPS) is 10.4. The molecule has 0 fully saturated rings. The molecule has 27 heavy (non-hydrogen) atoms. The molecule has 0 radical (unpaired) electrons. The van der Waals surface area contributed by atoms with Crippen LogP contribution in [0, 0.1) is 0 Å². The first-order chi connectivity index (χ1) is 13.3. The van der Waals surface area contributed by atoms with Gasteiger partial charge in [-0.2, -0.15) is 0 Å². The van der Waals surface area contributed by atoms with E-state index in [-0.39, 0.29) is 0 Å². The summed E-state index contributed by atoms with van der Waals surface area (Å²) in [5.74, 6) is 0. The topological polar surface area (TPSA) is 0 Å². The van der Waals surface area contributed by atoms with Crippen LogP contribution in [0.1, 0.15) is 49.3 Å². The van der Waals surface area contributed by atoms with Gasteiger partial charge in [0.05, 0.1) is 0 Å². The maximum atomic E-state index is 4.03. The monoisotopic (exact) mass is 370 g/mol. The highest BCUT2D eigenvalue weighted by atomic mass is 31.0. The molecule has 0 heterocycles. The van der Waals surface area contributed by atoms with E-state index >= 15 is 0 Å². The van der Waals surface area contributed by atoms with Crippen LogP contribution in [0.3, 0.4) is 0 Å². The van der Waals surface area contributed by atoms with Gasteiger partial charge in [0.1, 0.15) is 0 Å². The Labute approximate surface area is 165 Å². The lowest BCUT2D eigenvalue weighted by Crippen LogP contribution is -2.04. The van der Waals surface area contributed by atoms with Gasteiger partial charge in [-0.1, -0.05) is 111 Å². The maximum Gasteiger partial charge on any atom is -0.00267 e. The highest BCUT2D eigenvalue weighted by molar-refractivity contribution is 7.24. The molecule has 0 atom stereocenters. The van der Waals surface area contributed by atoms with Crippen LogP contribution >= 0.6 is 8.86 Å². The van der Waals surface area contributed by atoms with Crippen molar-refractivity contribution in [3.05, 3.63) is 108 Å². The average molecular weight is 370 g/mol. The second-order valence-electron chi connectivity index (χ2n) is 6.78. The predicted molar refractivity (Wildman–Crippen MR) is 123 cm³/mol. The second-order valence-corrected chi connectivity index (χ2v) is 7.39. The minimum atomic E-state index is 1.05. The van der Waals surface area contributed by atoms with E-state index in [1.165, 1.54) is 52.4 Å². The fourth-order valence-electron chi connectivity index (χ4n) is 3.42. The molecule has 0 nitrogen and oxygen atoms in total. The predicted octanol–water partition coefficient (Wildman–Crippen LogP) is 7.54. The van der Waals surface area contributed by atoms with Gasteiger partial charge >= 0.3 is 0 Å². The van der Waals surface area contributed by atoms with E-state index in [0.29, 0.717) is 0 Å². The standard InChI is InChI=1S/C26H27P/c1-2-3-7-20-24(27)26(23-18-12-6-13-19-23)25(21-14-8-4-9-15-21)22-16-10-5-11-17-22/h4-6,8-19,27H,2-3,7,20H2,1H3. The summed E-state index contributed by atoms with van der Waals surface area (Å²) in [6, 6.07) is 32.2. The summed E-state index contributed by atoms with van der Waals surface area (Å²) in [4.78, 5) is 0. The zero-order valence-corrected chi connectivity index (χ0v) is 17.0. The Kier molecular flexibility index (Phi) is 7.19. The van der Waals surface area contributed by atoms with Crippen LogP contribution < -0.4 is 0 Å². The molecule has 0 aliphatic carbocycles. The fourth-order valence-corrected chi connectivity index (χ4v) is 3.86. The lowest BCUT2D eigenvalue weighted by Gasteiger charge is -2.19. The van der Waals surface area contributed by atoms with E-state index in [0.717, 1.165) is 6.42 Å². The molecule has 0 aliphatic heterocycles.